The monoisotopic (exact) mass is 192 g/mol. The lowest BCUT2D eigenvalue weighted by Crippen LogP contribution is -2.25. The van der Waals surface area contributed by atoms with Crippen molar-refractivity contribution in [3.05, 3.63) is 0 Å². The summed E-state index contributed by atoms with van der Waals surface area (Å²) < 4.78 is 0. The van der Waals surface area contributed by atoms with Gasteiger partial charge in [-0.25, -0.2) is 14.6 Å². The molecular formula is C7H12O6. The first-order valence-corrected chi connectivity index (χ1v) is 3.80. The highest BCUT2D eigenvalue weighted by Gasteiger charge is 2.20. The van der Waals surface area contributed by atoms with Crippen molar-refractivity contribution >= 4 is 11.9 Å². The van der Waals surface area contributed by atoms with Crippen LogP contribution in [-0.4, -0.2) is 34.9 Å². The van der Waals surface area contributed by atoms with Crippen molar-refractivity contribution < 1.29 is 29.6 Å². The van der Waals surface area contributed by atoms with E-state index in [1.807, 2.05) is 0 Å². The lowest BCUT2D eigenvalue weighted by Gasteiger charge is -2.09. The van der Waals surface area contributed by atoms with Gasteiger partial charge in [0.05, 0.1) is 6.61 Å². The van der Waals surface area contributed by atoms with Crippen LogP contribution < -0.4 is 0 Å². The predicted molar refractivity (Wildman–Crippen MR) is 41.0 cm³/mol. The zero-order chi connectivity index (χ0) is 10.3. The van der Waals surface area contributed by atoms with Crippen molar-refractivity contribution in [2.45, 2.75) is 25.9 Å². The molecule has 1 atom stereocenters. The van der Waals surface area contributed by atoms with E-state index in [4.69, 9.17) is 10.2 Å². The Morgan fingerprint density at radius 2 is 2.00 bits per heavy atom. The maximum atomic E-state index is 10.4. The molecule has 6 heteroatoms. The Kier molecular flexibility index (Phi) is 5.82. The Morgan fingerprint density at radius 1 is 1.38 bits per heavy atom. The number of hydrogen-bond donors (Lipinski definition) is 2. The van der Waals surface area contributed by atoms with Crippen LogP contribution in [0.3, 0.4) is 0 Å². The van der Waals surface area contributed by atoms with E-state index in [9.17, 15) is 9.59 Å². The quantitative estimate of drug-likeness (QED) is 0.444. The van der Waals surface area contributed by atoms with Gasteiger partial charge >= 0.3 is 11.9 Å². The molecule has 0 aromatic carbocycles. The molecule has 0 radical (unpaired) electrons. The van der Waals surface area contributed by atoms with Crippen LogP contribution in [0, 0.1) is 0 Å². The van der Waals surface area contributed by atoms with Crippen LogP contribution in [-0.2, 0) is 19.4 Å². The third kappa shape index (κ3) is 6.06. The number of rotatable bonds is 7. The highest BCUT2D eigenvalue weighted by molar-refractivity contribution is 5.73. The second kappa shape index (κ2) is 6.38. The summed E-state index contributed by atoms with van der Waals surface area (Å²) in [5.74, 6) is -2.29. The summed E-state index contributed by atoms with van der Waals surface area (Å²) in [4.78, 5) is 29.4. The minimum atomic E-state index is -1.23. The van der Waals surface area contributed by atoms with Gasteiger partial charge in [-0.15, -0.1) is 0 Å². The first kappa shape index (κ1) is 11.9. The molecule has 2 N–H and O–H groups in total. The SMILES string of the molecule is CCOOC(CCC(=O)O)C(=O)O. The molecule has 0 rings (SSSR count). The molecule has 13 heavy (non-hydrogen) atoms. The Labute approximate surface area is 75.0 Å². The third-order valence-corrected chi connectivity index (χ3v) is 1.20. The molecule has 1 unspecified atom stereocenters. The van der Waals surface area contributed by atoms with Gasteiger partial charge < -0.3 is 10.2 Å². The zero-order valence-corrected chi connectivity index (χ0v) is 7.23. The van der Waals surface area contributed by atoms with Crippen LogP contribution in [0.15, 0.2) is 0 Å². The van der Waals surface area contributed by atoms with E-state index >= 15 is 0 Å². The van der Waals surface area contributed by atoms with Gasteiger partial charge in [0.1, 0.15) is 0 Å². The fraction of sp³-hybridized carbons (Fsp3) is 0.714. The van der Waals surface area contributed by atoms with Gasteiger partial charge in [-0.2, -0.15) is 0 Å². The number of carboxylic acids is 2. The highest BCUT2D eigenvalue weighted by Crippen LogP contribution is 2.03. The number of carbonyl (C=O) groups is 2. The van der Waals surface area contributed by atoms with E-state index in [-0.39, 0.29) is 19.4 Å². The van der Waals surface area contributed by atoms with E-state index in [0.717, 1.165) is 0 Å². The second-order valence-electron chi connectivity index (χ2n) is 2.26. The third-order valence-electron chi connectivity index (χ3n) is 1.20. The van der Waals surface area contributed by atoms with E-state index in [0.29, 0.717) is 0 Å². The molecule has 0 bridgehead atoms. The standard InChI is InChI=1S/C7H12O6/c1-2-12-13-5(7(10)11)3-4-6(8)9/h5H,2-4H2,1H3,(H,8,9)(H,10,11). The van der Waals surface area contributed by atoms with Crippen molar-refractivity contribution in [2.75, 3.05) is 6.61 Å². The molecule has 0 aliphatic carbocycles. The number of carboxylic acid groups (broad SMARTS) is 2. The largest absolute Gasteiger partial charge is 0.481 e. The van der Waals surface area contributed by atoms with Gasteiger partial charge in [0, 0.05) is 6.42 Å². The lowest BCUT2D eigenvalue weighted by molar-refractivity contribution is -0.317. The molecule has 0 aliphatic heterocycles. The Bertz CT molecular complexity index is 178. The Balaban J connectivity index is 3.80. The van der Waals surface area contributed by atoms with Crippen molar-refractivity contribution in [1.82, 2.24) is 0 Å². The van der Waals surface area contributed by atoms with Crippen molar-refractivity contribution in [3.63, 3.8) is 0 Å². The van der Waals surface area contributed by atoms with E-state index in [2.05, 4.69) is 9.78 Å². The fourth-order valence-corrected chi connectivity index (χ4v) is 0.617. The van der Waals surface area contributed by atoms with Crippen molar-refractivity contribution in [2.24, 2.45) is 0 Å². The summed E-state index contributed by atoms with van der Waals surface area (Å²) in [6.45, 7) is 1.85. The fourth-order valence-electron chi connectivity index (χ4n) is 0.617. The van der Waals surface area contributed by atoms with Gasteiger partial charge in [-0.1, -0.05) is 0 Å². The number of aliphatic carboxylic acids is 2. The second-order valence-corrected chi connectivity index (χ2v) is 2.26. The molecule has 0 heterocycles. The lowest BCUT2D eigenvalue weighted by atomic mass is 10.2. The van der Waals surface area contributed by atoms with Gasteiger partial charge in [-0.05, 0) is 13.3 Å². The predicted octanol–water partition coefficient (Wildman–Crippen LogP) is 0.272. The van der Waals surface area contributed by atoms with Crippen LogP contribution in [0.1, 0.15) is 19.8 Å². The van der Waals surface area contributed by atoms with Crippen LogP contribution in [0.25, 0.3) is 0 Å². The van der Waals surface area contributed by atoms with Crippen LogP contribution in [0.4, 0.5) is 0 Å². The van der Waals surface area contributed by atoms with Gasteiger partial charge in [0.25, 0.3) is 0 Å². The summed E-state index contributed by atoms with van der Waals surface area (Å²) >= 11 is 0. The van der Waals surface area contributed by atoms with Gasteiger partial charge in [-0.3, -0.25) is 4.79 Å². The summed E-state index contributed by atoms with van der Waals surface area (Å²) in [6, 6.07) is 0. The molecule has 0 aromatic rings. The van der Waals surface area contributed by atoms with E-state index in [1.165, 1.54) is 0 Å². The average Bonchev–Trinajstić information content (AvgIpc) is 2.03. The summed E-state index contributed by atoms with van der Waals surface area (Å²) in [7, 11) is 0. The van der Waals surface area contributed by atoms with E-state index < -0.39 is 18.0 Å². The molecule has 0 aliphatic rings. The van der Waals surface area contributed by atoms with Crippen LogP contribution in [0.2, 0.25) is 0 Å². The highest BCUT2D eigenvalue weighted by atomic mass is 17.2. The molecular weight excluding hydrogens is 180 g/mol. The topological polar surface area (TPSA) is 93.1 Å². The van der Waals surface area contributed by atoms with Crippen molar-refractivity contribution in [1.29, 1.82) is 0 Å². The first-order valence-electron chi connectivity index (χ1n) is 3.80. The van der Waals surface area contributed by atoms with Crippen LogP contribution in [0.5, 0.6) is 0 Å². The normalized spacial score (nSPS) is 12.4. The maximum absolute atomic E-state index is 10.4. The molecule has 0 fully saturated rings. The molecule has 0 spiro atoms. The Morgan fingerprint density at radius 3 is 2.38 bits per heavy atom. The summed E-state index contributed by atoms with van der Waals surface area (Å²) in [6.07, 6.45) is -1.58. The minimum Gasteiger partial charge on any atom is -0.481 e. The molecule has 0 amide bonds. The molecule has 0 saturated heterocycles. The van der Waals surface area contributed by atoms with Crippen LogP contribution >= 0.6 is 0 Å². The Hall–Kier alpha value is -1.14. The summed E-state index contributed by atoms with van der Waals surface area (Å²) in [5.41, 5.74) is 0. The molecule has 76 valence electrons. The van der Waals surface area contributed by atoms with Gasteiger partial charge in [0.2, 0.25) is 0 Å². The average molecular weight is 192 g/mol. The molecule has 6 nitrogen and oxygen atoms in total. The van der Waals surface area contributed by atoms with E-state index in [1.54, 1.807) is 6.92 Å². The summed E-state index contributed by atoms with van der Waals surface area (Å²) in [5, 5.41) is 16.8. The minimum absolute atomic E-state index is 0.106. The van der Waals surface area contributed by atoms with Gasteiger partial charge in [0.15, 0.2) is 6.10 Å². The van der Waals surface area contributed by atoms with Crippen molar-refractivity contribution in [3.8, 4) is 0 Å². The maximum Gasteiger partial charge on any atom is 0.336 e. The molecule has 0 saturated carbocycles. The first-order chi connectivity index (χ1) is 6.07. The molecule has 0 aromatic heterocycles. The number of hydrogen-bond acceptors (Lipinski definition) is 4. The smallest absolute Gasteiger partial charge is 0.336 e. The zero-order valence-electron chi connectivity index (χ0n) is 7.23.